The van der Waals surface area contributed by atoms with Crippen molar-refractivity contribution in [2.75, 3.05) is 5.75 Å². The molecule has 0 fully saturated rings. The Morgan fingerprint density at radius 1 is 1.29 bits per heavy atom. The van der Waals surface area contributed by atoms with Gasteiger partial charge in [-0.1, -0.05) is 41.8 Å². The highest BCUT2D eigenvalue weighted by Gasteiger charge is 2.10. The Bertz CT molecular complexity index is 307. The van der Waals surface area contributed by atoms with E-state index in [4.69, 9.17) is 0 Å². The molecule has 1 aliphatic heterocycles. The predicted octanol–water partition coefficient (Wildman–Crippen LogP) is 2.47. The lowest BCUT2D eigenvalue weighted by atomic mass is 10.2. The van der Waals surface area contributed by atoms with Crippen molar-refractivity contribution in [3.8, 4) is 0 Å². The van der Waals surface area contributed by atoms with Crippen molar-refractivity contribution in [3.05, 3.63) is 47.4 Å². The first-order valence-corrected chi connectivity index (χ1v) is 6.77. The summed E-state index contributed by atoms with van der Waals surface area (Å²) in [5.41, 5.74) is 1.42. The van der Waals surface area contributed by atoms with Crippen molar-refractivity contribution in [1.29, 1.82) is 0 Å². The van der Waals surface area contributed by atoms with Gasteiger partial charge in [-0.15, -0.1) is 0 Å². The molecule has 2 unspecified atom stereocenters. The van der Waals surface area contributed by atoms with Crippen LogP contribution in [0.1, 0.15) is 12.0 Å². The maximum atomic E-state index is 9.32. The number of aliphatic hydroxyl groups excluding tert-OH is 1. The molecule has 2 atom stereocenters. The zero-order valence-corrected chi connectivity index (χ0v) is 9.03. The molecule has 14 heavy (non-hydrogen) atoms. The average molecular weight is 208 g/mol. The smallest absolute Gasteiger partial charge is 0.0735 e. The normalized spacial score (nSPS) is 28.9. The van der Waals surface area contributed by atoms with E-state index in [0.29, 0.717) is 0 Å². The Hall–Kier alpha value is -0.730. The lowest BCUT2D eigenvalue weighted by Crippen LogP contribution is -2.09. The minimum Gasteiger partial charge on any atom is -0.389 e. The van der Waals surface area contributed by atoms with E-state index in [9.17, 15) is 5.11 Å². The van der Waals surface area contributed by atoms with E-state index in [1.807, 2.05) is 6.08 Å². The Kier molecular flexibility index (Phi) is 3.27. The van der Waals surface area contributed by atoms with Gasteiger partial charge in [-0.3, -0.25) is 0 Å². The number of thiol groups is 1. The van der Waals surface area contributed by atoms with Gasteiger partial charge < -0.3 is 5.11 Å². The van der Waals surface area contributed by atoms with Crippen LogP contribution in [0.2, 0.25) is 0 Å². The Morgan fingerprint density at radius 3 is 2.71 bits per heavy atom. The summed E-state index contributed by atoms with van der Waals surface area (Å²) in [4.78, 5) is 0. The van der Waals surface area contributed by atoms with Gasteiger partial charge in [0.25, 0.3) is 0 Å². The van der Waals surface area contributed by atoms with Gasteiger partial charge in [-0.25, -0.2) is 10.9 Å². The first-order chi connectivity index (χ1) is 6.84. The van der Waals surface area contributed by atoms with Gasteiger partial charge in [-0.2, -0.15) is 0 Å². The zero-order valence-electron chi connectivity index (χ0n) is 8.13. The fourth-order valence-electron chi connectivity index (χ4n) is 1.64. The van der Waals surface area contributed by atoms with E-state index in [1.165, 1.54) is 17.1 Å². The van der Waals surface area contributed by atoms with E-state index >= 15 is 0 Å². The number of aliphatic hydroxyl groups is 1. The number of hydrogen-bond donors (Lipinski definition) is 2. The van der Waals surface area contributed by atoms with Crippen LogP contribution in [0.4, 0.5) is 0 Å². The molecule has 0 saturated heterocycles. The van der Waals surface area contributed by atoms with Crippen molar-refractivity contribution in [3.63, 3.8) is 0 Å². The summed E-state index contributed by atoms with van der Waals surface area (Å²) in [5.74, 6) is 2.33. The molecule has 1 nitrogen and oxygen atoms in total. The van der Waals surface area contributed by atoms with Gasteiger partial charge in [0.1, 0.15) is 0 Å². The molecule has 1 N–H and O–H groups in total. The van der Waals surface area contributed by atoms with E-state index in [-0.39, 0.29) is 17.0 Å². The predicted molar refractivity (Wildman–Crippen MR) is 63.8 cm³/mol. The van der Waals surface area contributed by atoms with Gasteiger partial charge in [0.05, 0.1) is 6.10 Å². The fourth-order valence-corrected chi connectivity index (χ4v) is 3.77. The van der Waals surface area contributed by atoms with Gasteiger partial charge >= 0.3 is 0 Å². The van der Waals surface area contributed by atoms with Crippen LogP contribution in [0.25, 0.3) is 0 Å². The molecule has 0 aromatic heterocycles. The standard InChI is InChI=1S/C12H16OS/c13-12-6-8-14(9-7-12)10-11-4-2-1-3-5-11/h1-6,8,12-14H,7,9-10H2. The molecule has 1 heterocycles. The Labute approximate surface area is 87.8 Å². The average Bonchev–Trinajstić information content (AvgIpc) is 2.23. The molecule has 1 aliphatic rings. The van der Waals surface area contributed by atoms with Crippen LogP contribution in [-0.2, 0) is 5.75 Å². The summed E-state index contributed by atoms with van der Waals surface area (Å²) in [6, 6.07) is 10.6. The first kappa shape index (κ1) is 9.81. The Balaban J connectivity index is 1.96. The van der Waals surface area contributed by atoms with Crippen molar-refractivity contribution in [2.24, 2.45) is 0 Å². The highest BCUT2D eigenvalue weighted by molar-refractivity contribution is 8.18. The van der Waals surface area contributed by atoms with Gasteiger partial charge in [0.2, 0.25) is 0 Å². The first-order valence-electron chi connectivity index (χ1n) is 4.99. The van der Waals surface area contributed by atoms with E-state index in [0.717, 1.165) is 6.42 Å². The Morgan fingerprint density at radius 2 is 2.07 bits per heavy atom. The molecule has 0 bridgehead atoms. The van der Waals surface area contributed by atoms with Crippen LogP contribution < -0.4 is 0 Å². The lowest BCUT2D eigenvalue weighted by molar-refractivity contribution is 0.219. The maximum absolute atomic E-state index is 9.32. The maximum Gasteiger partial charge on any atom is 0.0735 e. The fraction of sp³-hybridized carbons (Fsp3) is 0.333. The minimum atomic E-state index is -0.190. The zero-order chi connectivity index (χ0) is 9.80. The van der Waals surface area contributed by atoms with Gasteiger partial charge in [0.15, 0.2) is 0 Å². The van der Waals surface area contributed by atoms with Crippen LogP contribution >= 0.6 is 10.9 Å². The van der Waals surface area contributed by atoms with Crippen molar-refractivity contribution in [2.45, 2.75) is 18.3 Å². The molecule has 0 radical (unpaired) electrons. The number of hydrogen-bond acceptors (Lipinski definition) is 1. The van der Waals surface area contributed by atoms with Gasteiger partial charge in [-0.05, 0) is 17.7 Å². The van der Waals surface area contributed by atoms with Crippen LogP contribution in [0.3, 0.4) is 0 Å². The molecule has 2 heteroatoms. The van der Waals surface area contributed by atoms with Crippen LogP contribution in [0.15, 0.2) is 41.8 Å². The quantitative estimate of drug-likeness (QED) is 0.715. The summed E-state index contributed by atoms with van der Waals surface area (Å²) >= 11 is 0. The van der Waals surface area contributed by atoms with E-state index in [1.54, 1.807) is 0 Å². The lowest BCUT2D eigenvalue weighted by Gasteiger charge is -2.23. The second-order valence-corrected chi connectivity index (χ2v) is 5.89. The summed E-state index contributed by atoms with van der Waals surface area (Å²) in [7, 11) is -0.0152. The van der Waals surface area contributed by atoms with Crippen LogP contribution in [0.5, 0.6) is 0 Å². The van der Waals surface area contributed by atoms with E-state index < -0.39 is 0 Å². The molecule has 0 aliphatic carbocycles. The van der Waals surface area contributed by atoms with Crippen molar-refractivity contribution < 1.29 is 5.11 Å². The van der Waals surface area contributed by atoms with Crippen molar-refractivity contribution in [1.82, 2.24) is 0 Å². The van der Waals surface area contributed by atoms with Crippen molar-refractivity contribution >= 4 is 10.9 Å². The monoisotopic (exact) mass is 208 g/mol. The number of benzene rings is 1. The SMILES string of the molecule is OC1C=C[SH](Cc2ccccc2)CC1. The molecule has 0 amide bonds. The molecule has 0 saturated carbocycles. The molecular weight excluding hydrogens is 192 g/mol. The summed E-state index contributed by atoms with van der Waals surface area (Å²) < 4.78 is 0. The molecule has 0 spiro atoms. The summed E-state index contributed by atoms with van der Waals surface area (Å²) in [6.45, 7) is 0. The second-order valence-electron chi connectivity index (χ2n) is 3.65. The molecule has 1 aromatic rings. The topological polar surface area (TPSA) is 20.2 Å². The summed E-state index contributed by atoms with van der Waals surface area (Å²) in [6.07, 6.45) is 2.71. The molecular formula is C12H16OS. The minimum absolute atomic E-state index is 0.0152. The van der Waals surface area contributed by atoms with Crippen LogP contribution in [0, 0.1) is 0 Å². The molecule has 1 aromatic carbocycles. The highest BCUT2D eigenvalue weighted by Crippen LogP contribution is 2.35. The molecule has 2 rings (SSSR count). The third-order valence-electron chi connectivity index (χ3n) is 2.46. The third-order valence-corrected chi connectivity index (χ3v) is 4.66. The number of rotatable bonds is 2. The third kappa shape index (κ3) is 2.63. The molecule has 76 valence electrons. The largest absolute Gasteiger partial charge is 0.389 e. The van der Waals surface area contributed by atoms with Gasteiger partial charge in [0, 0.05) is 5.75 Å². The van der Waals surface area contributed by atoms with Crippen LogP contribution in [-0.4, -0.2) is 17.0 Å². The second kappa shape index (κ2) is 4.67. The highest BCUT2D eigenvalue weighted by atomic mass is 32.2. The van der Waals surface area contributed by atoms with E-state index in [2.05, 4.69) is 35.7 Å². The summed E-state index contributed by atoms with van der Waals surface area (Å²) in [5, 5.41) is 11.5.